The van der Waals surface area contributed by atoms with Gasteiger partial charge in [-0.15, -0.1) is 0 Å². The number of aliphatic carboxylic acids is 1. The zero-order valence-corrected chi connectivity index (χ0v) is 12.2. The second-order valence-corrected chi connectivity index (χ2v) is 4.85. The zero-order valence-electron chi connectivity index (χ0n) is 12.2. The molecule has 0 saturated heterocycles. The van der Waals surface area contributed by atoms with Gasteiger partial charge >= 0.3 is 12.1 Å². The van der Waals surface area contributed by atoms with Crippen LogP contribution in [-0.4, -0.2) is 29.1 Å². The molecule has 122 valence electrons. The van der Waals surface area contributed by atoms with E-state index in [1.165, 1.54) is 6.92 Å². The molecule has 0 aromatic heterocycles. The summed E-state index contributed by atoms with van der Waals surface area (Å²) in [6.45, 7) is 1.29. The van der Waals surface area contributed by atoms with Gasteiger partial charge in [0.25, 0.3) is 0 Å². The average Bonchev–Trinajstić information content (AvgIpc) is 2.50. The Morgan fingerprint density at radius 1 is 1.32 bits per heavy atom. The highest BCUT2D eigenvalue weighted by Gasteiger charge is 2.30. The van der Waals surface area contributed by atoms with Gasteiger partial charge in [0.05, 0.1) is 0 Å². The van der Waals surface area contributed by atoms with E-state index in [1.807, 2.05) is 0 Å². The third kappa shape index (κ3) is 6.51. The lowest BCUT2D eigenvalue weighted by atomic mass is 10.1. The van der Waals surface area contributed by atoms with Crippen LogP contribution in [0.4, 0.5) is 13.6 Å². The molecule has 0 aliphatic rings. The highest BCUT2D eigenvalue weighted by Crippen LogP contribution is 2.24. The second kappa shape index (κ2) is 8.31. The van der Waals surface area contributed by atoms with Crippen molar-refractivity contribution in [2.24, 2.45) is 0 Å². The van der Waals surface area contributed by atoms with Crippen molar-refractivity contribution in [3.8, 4) is 0 Å². The van der Waals surface area contributed by atoms with Crippen molar-refractivity contribution in [3.63, 3.8) is 0 Å². The summed E-state index contributed by atoms with van der Waals surface area (Å²) in [5.74, 6) is -4.31. The minimum Gasteiger partial charge on any atom is -0.480 e. The molecule has 0 spiro atoms. The first kappa shape index (κ1) is 17.9. The van der Waals surface area contributed by atoms with Gasteiger partial charge in [0.15, 0.2) is 0 Å². The topological polar surface area (TPSA) is 75.6 Å². The van der Waals surface area contributed by atoms with E-state index >= 15 is 0 Å². The van der Waals surface area contributed by atoms with E-state index in [-0.39, 0.29) is 19.4 Å². The molecule has 5 nitrogen and oxygen atoms in total. The Labute approximate surface area is 127 Å². The maximum atomic E-state index is 13.1. The minimum absolute atomic E-state index is 0.0237. The normalized spacial score (nSPS) is 12.5. The van der Waals surface area contributed by atoms with Crippen molar-refractivity contribution in [1.82, 2.24) is 5.32 Å². The van der Waals surface area contributed by atoms with Crippen LogP contribution < -0.4 is 5.32 Å². The molecule has 0 bridgehead atoms. The molecular weight excluding hydrogens is 296 g/mol. The molecule has 0 aliphatic carbocycles. The van der Waals surface area contributed by atoms with E-state index in [2.05, 4.69) is 5.32 Å². The van der Waals surface area contributed by atoms with Gasteiger partial charge in [-0.3, -0.25) is 0 Å². The van der Waals surface area contributed by atoms with Crippen LogP contribution in [0.15, 0.2) is 30.3 Å². The van der Waals surface area contributed by atoms with Crippen molar-refractivity contribution < 1.29 is 28.2 Å². The highest BCUT2D eigenvalue weighted by molar-refractivity contribution is 5.79. The van der Waals surface area contributed by atoms with Crippen molar-refractivity contribution in [1.29, 1.82) is 0 Å². The number of carbonyl (C=O) groups excluding carboxylic acids is 1. The maximum absolute atomic E-state index is 13.1. The molecular formula is C15H19F2NO4. The van der Waals surface area contributed by atoms with E-state index < -0.39 is 30.4 Å². The number of hydrogen-bond acceptors (Lipinski definition) is 3. The number of benzene rings is 1. The monoisotopic (exact) mass is 315 g/mol. The fourth-order valence-electron chi connectivity index (χ4n) is 1.70. The van der Waals surface area contributed by atoms with Crippen molar-refractivity contribution in [3.05, 3.63) is 35.9 Å². The summed E-state index contributed by atoms with van der Waals surface area (Å²) in [6.07, 6.45) is -2.30. The molecule has 22 heavy (non-hydrogen) atoms. The number of carbonyl (C=O) groups is 2. The van der Waals surface area contributed by atoms with Crippen molar-refractivity contribution >= 4 is 12.1 Å². The molecule has 0 fully saturated rings. The lowest BCUT2D eigenvalue weighted by Gasteiger charge is -2.18. The number of alkyl halides is 2. The summed E-state index contributed by atoms with van der Waals surface area (Å²) in [5.41, 5.74) is 0.738. The molecule has 0 aliphatic heterocycles. The second-order valence-electron chi connectivity index (χ2n) is 4.85. The van der Waals surface area contributed by atoms with E-state index in [1.54, 1.807) is 30.3 Å². The summed E-state index contributed by atoms with van der Waals surface area (Å²) in [6, 6.07) is 7.42. The Morgan fingerprint density at radius 2 is 1.95 bits per heavy atom. The van der Waals surface area contributed by atoms with Gasteiger partial charge in [-0.25, -0.2) is 18.4 Å². The first-order valence-electron chi connectivity index (χ1n) is 6.92. The molecule has 2 N–H and O–H groups in total. The number of ether oxygens (including phenoxy) is 1. The summed E-state index contributed by atoms with van der Waals surface area (Å²) >= 11 is 0. The Bertz CT molecular complexity index is 494. The van der Waals surface area contributed by atoms with Crippen molar-refractivity contribution in [2.75, 3.05) is 0 Å². The SMILES string of the molecule is CCC(F)(F)CC[C@H](NC(=O)OCc1ccccc1)C(=O)O. The molecule has 1 amide bonds. The number of halogens is 2. The fourth-order valence-corrected chi connectivity index (χ4v) is 1.70. The van der Waals surface area contributed by atoms with Crippen molar-refractivity contribution in [2.45, 2.75) is 44.8 Å². The number of amides is 1. The van der Waals surface area contributed by atoms with E-state index in [0.717, 1.165) is 5.56 Å². The summed E-state index contributed by atoms with van der Waals surface area (Å²) in [5, 5.41) is 11.1. The van der Waals surface area contributed by atoms with Crippen LogP contribution >= 0.6 is 0 Å². The van der Waals surface area contributed by atoms with Gasteiger partial charge in [-0.1, -0.05) is 37.3 Å². The van der Waals surface area contributed by atoms with E-state index in [9.17, 15) is 18.4 Å². The number of hydrogen-bond donors (Lipinski definition) is 2. The number of carboxylic acid groups (broad SMARTS) is 1. The number of rotatable bonds is 8. The van der Waals surface area contributed by atoms with Gasteiger partial charge in [0, 0.05) is 12.8 Å². The molecule has 0 saturated carbocycles. The molecule has 1 rings (SSSR count). The molecule has 1 atom stereocenters. The third-order valence-corrected chi connectivity index (χ3v) is 3.12. The summed E-state index contributed by atoms with van der Waals surface area (Å²) in [7, 11) is 0. The molecule has 1 aromatic carbocycles. The largest absolute Gasteiger partial charge is 0.480 e. The highest BCUT2D eigenvalue weighted by atomic mass is 19.3. The number of carboxylic acids is 1. The van der Waals surface area contributed by atoms with E-state index in [4.69, 9.17) is 9.84 Å². The minimum atomic E-state index is -2.94. The lowest BCUT2D eigenvalue weighted by molar-refractivity contribution is -0.140. The predicted octanol–water partition coefficient (Wildman–Crippen LogP) is 3.19. The van der Waals surface area contributed by atoms with Crippen LogP contribution in [0.25, 0.3) is 0 Å². The lowest BCUT2D eigenvalue weighted by Crippen LogP contribution is -2.41. The van der Waals surface area contributed by atoms with Gasteiger partial charge in [0.2, 0.25) is 5.92 Å². The molecule has 7 heteroatoms. The third-order valence-electron chi connectivity index (χ3n) is 3.12. The summed E-state index contributed by atoms with van der Waals surface area (Å²) in [4.78, 5) is 22.5. The predicted molar refractivity (Wildman–Crippen MR) is 75.7 cm³/mol. The quantitative estimate of drug-likeness (QED) is 0.772. The van der Waals surface area contributed by atoms with Gasteiger partial charge < -0.3 is 15.2 Å². The average molecular weight is 315 g/mol. The van der Waals surface area contributed by atoms with Crippen LogP contribution in [0, 0.1) is 0 Å². The van der Waals surface area contributed by atoms with E-state index in [0.29, 0.717) is 0 Å². The summed E-state index contributed by atoms with van der Waals surface area (Å²) < 4.78 is 31.2. The van der Waals surface area contributed by atoms with Gasteiger partial charge in [0.1, 0.15) is 12.6 Å². The Balaban J connectivity index is 2.45. The van der Waals surface area contributed by atoms with Gasteiger partial charge in [-0.05, 0) is 12.0 Å². The van der Waals surface area contributed by atoms with Crippen LogP contribution in [0.5, 0.6) is 0 Å². The molecule has 0 radical (unpaired) electrons. The Kier molecular flexibility index (Phi) is 6.75. The first-order chi connectivity index (χ1) is 10.3. The number of nitrogens with one attached hydrogen (secondary N) is 1. The first-order valence-corrected chi connectivity index (χ1v) is 6.92. The zero-order chi connectivity index (χ0) is 16.6. The van der Waals surface area contributed by atoms with Crippen LogP contribution in [-0.2, 0) is 16.1 Å². The Hall–Kier alpha value is -2.18. The van der Waals surface area contributed by atoms with Crippen LogP contribution in [0.1, 0.15) is 31.7 Å². The molecule has 0 unspecified atom stereocenters. The fraction of sp³-hybridized carbons (Fsp3) is 0.467. The van der Waals surface area contributed by atoms with Crippen LogP contribution in [0.2, 0.25) is 0 Å². The standard InChI is InChI=1S/C15H19F2NO4/c1-2-15(16,17)9-8-12(13(19)20)18-14(21)22-10-11-6-4-3-5-7-11/h3-7,12H,2,8-10H2,1H3,(H,18,21)(H,19,20)/t12-/m0/s1. The molecule has 0 heterocycles. The molecule has 1 aromatic rings. The Morgan fingerprint density at radius 3 is 2.50 bits per heavy atom. The number of alkyl carbamates (subject to hydrolysis) is 1. The maximum Gasteiger partial charge on any atom is 0.408 e. The van der Waals surface area contributed by atoms with Gasteiger partial charge in [-0.2, -0.15) is 0 Å². The smallest absolute Gasteiger partial charge is 0.408 e. The van der Waals surface area contributed by atoms with Crippen LogP contribution in [0.3, 0.4) is 0 Å².